The lowest BCUT2D eigenvalue weighted by Gasteiger charge is -2.08. The van der Waals surface area contributed by atoms with Crippen molar-refractivity contribution in [1.29, 1.82) is 0 Å². The molecule has 3 N–H and O–H groups in total. The van der Waals surface area contributed by atoms with Crippen LogP contribution in [0.15, 0.2) is 67.1 Å². The fourth-order valence-corrected chi connectivity index (χ4v) is 2.77. The minimum atomic E-state index is 0.554. The van der Waals surface area contributed by atoms with E-state index < -0.39 is 0 Å². The third-order valence-corrected chi connectivity index (χ3v) is 4.01. The molecular weight excluding hydrogens is 284 g/mol. The SMILES string of the molecule is NCc1ccc(-c2cc(-c3ccncc3)nc3[nH]ccc23)cc1. The summed E-state index contributed by atoms with van der Waals surface area (Å²) in [4.78, 5) is 12.0. The predicted octanol–water partition coefficient (Wildman–Crippen LogP) is 3.75. The van der Waals surface area contributed by atoms with Crippen LogP contribution in [0.4, 0.5) is 0 Å². The van der Waals surface area contributed by atoms with E-state index in [0.29, 0.717) is 6.54 Å². The Bertz CT molecular complexity index is 940. The number of H-pyrrole nitrogens is 1. The molecule has 0 amide bonds. The van der Waals surface area contributed by atoms with Gasteiger partial charge in [0.05, 0.1) is 5.69 Å². The molecular formula is C19H16N4. The molecule has 0 aliphatic carbocycles. The zero-order valence-electron chi connectivity index (χ0n) is 12.5. The van der Waals surface area contributed by atoms with Crippen molar-refractivity contribution >= 4 is 11.0 Å². The lowest BCUT2D eigenvalue weighted by molar-refractivity contribution is 1.07. The quantitative estimate of drug-likeness (QED) is 0.605. The molecule has 0 fully saturated rings. The molecule has 3 aromatic heterocycles. The van der Waals surface area contributed by atoms with E-state index in [1.54, 1.807) is 12.4 Å². The van der Waals surface area contributed by atoms with E-state index in [-0.39, 0.29) is 0 Å². The second-order valence-electron chi connectivity index (χ2n) is 5.43. The van der Waals surface area contributed by atoms with Crippen LogP contribution in [-0.2, 0) is 6.54 Å². The molecule has 23 heavy (non-hydrogen) atoms. The summed E-state index contributed by atoms with van der Waals surface area (Å²) in [7, 11) is 0. The van der Waals surface area contributed by atoms with Gasteiger partial charge in [0.25, 0.3) is 0 Å². The van der Waals surface area contributed by atoms with E-state index in [0.717, 1.165) is 39.0 Å². The molecule has 1 aromatic carbocycles. The molecule has 0 spiro atoms. The van der Waals surface area contributed by atoms with Crippen molar-refractivity contribution in [3.63, 3.8) is 0 Å². The molecule has 0 saturated carbocycles. The summed E-state index contributed by atoms with van der Waals surface area (Å²) < 4.78 is 0. The minimum Gasteiger partial charge on any atom is -0.346 e. The summed E-state index contributed by atoms with van der Waals surface area (Å²) in [6, 6.07) is 16.5. The van der Waals surface area contributed by atoms with Gasteiger partial charge in [-0.25, -0.2) is 4.98 Å². The largest absolute Gasteiger partial charge is 0.346 e. The Balaban J connectivity index is 1.92. The first kappa shape index (κ1) is 13.7. The molecule has 0 atom stereocenters. The van der Waals surface area contributed by atoms with Crippen LogP contribution in [0.5, 0.6) is 0 Å². The number of benzene rings is 1. The maximum absolute atomic E-state index is 5.69. The van der Waals surface area contributed by atoms with Crippen LogP contribution >= 0.6 is 0 Å². The molecule has 0 aliphatic rings. The van der Waals surface area contributed by atoms with E-state index >= 15 is 0 Å². The van der Waals surface area contributed by atoms with Crippen molar-refractivity contribution < 1.29 is 0 Å². The standard InChI is InChI=1S/C19H16N4/c20-12-13-1-3-14(4-2-13)17-11-18(15-5-8-21-9-6-15)23-19-16(17)7-10-22-19/h1-11H,12,20H2,(H,22,23). The zero-order valence-corrected chi connectivity index (χ0v) is 12.5. The maximum Gasteiger partial charge on any atom is 0.138 e. The van der Waals surface area contributed by atoms with Crippen molar-refractivity contribution in [2.75, 3.05) is 0 Å². The number of hydrogen-bond acceptors (Lipinski definition) is 3. The summed E-state index contributed by atoms with van der Waals surface area (Å²) >= 11 is 0. The van der Waals surface area contributed by atoms with Gasteiger partial charge in [0, 0.05) is 36.1 Å². The molecule has 0 aliphatic heterocycles. The zero-order chi connectivity index (χ0) is 15.6. The fraction of sp³-hybridized carbons (Fsp3) is 0.0526. The van der Waals surface area contributed by atoms with Crippen molar-refractivity contribution in [3.05, 3.63) is 72.7 Å². The molecule has 4 nitrogen and oxygen atoms in total. The molecule has 0 radical (unpaired) electrons. The van der Waals surface area contributed by atoms with Gasteiger partial charge in [-0.3, -0.25) is 4.98 Å². The third kappa shape index (κ3) is 2.49. The number of nitrogens with zero attached hydrogens (tertiary/aromatic N) is 2. The highest BCUT2D eigenvalue weighted by Gasteiger charge is 2.10. The second kappa shape index (κ2) is 5.66. The first-order chi connectivity index (χ1) is 11.3. The maximum atomic E-state index is 5.69. The number of aromatic amines is 1. The highest BCUT2D eigenvalue weighted by Crippen LogP contribution is 2.31. The number of nitrogens with one attached hydrogen (secondary N) is 1. The van der Waals surface area contributed by atoms with Gasteiger partial charge in [-0.2, -0.15) is 0 Å². The molecule has 4 aromatic rings. The lowest BCUT2D eigenvalue weighted by Crippen LogP contribution is -1.95. The van der Waals surface area contributed by atoms with Crippen LogP contribution in [-0.4, -0.2) is 15.0 Å². The molecule has 0 saturated heterocycles. The first-order valence-electron chi connectivity index (χ1n) is 7.53. The number of nitrogens with two attached hydrogens (primary N) is 1. The smallest absolute Gasteiger partial charge is 0.138 e. The predicted molar refractivity (Wildman–Crippen MR) is 92.7 cm³/mol. The monoisotopic (exact) mass is 300 g/mol. The number of hydrogen-bond donors (Lipinski definition) is 2. The normalized spacial score (nSPS) is 11.0. The number of fused-ring (bicyclic) bond motifs is 1. The van der Waals surface area contributed by atoms with Crippen molar-refractivity contribution in [3.8, 4) is 22.4 Å². The van der Waals surface area contributed by atoms with Gasteiger partial charge in [-0.15, -0.1) is 0 Å². The molecule has 3 heterocycles. The number of rotatable bonds is 3. The summed E-state index contributed by atoms with van der Waals surface area (Å²) in [5.41, 5.74) is 12.0. The summed E-state index contributed by atoms with van der Waals surface area (Å²) in [5, 5.41) is 1.11. The fourth-order valence-electron chi connectivity index (χ4n) is 2.77. The van der Waals surface area contributed by atoms with Gasteiger partial charge in [0.15, 0.2) is 0 Å². The topological polar surface area (TPSA) is 67.6 Å². The molecule has 4 rings (SSSR count). The molecule has 0 bridgehead atoms. The van der Waals surface area contributed by atoms with Crippen LogP contribution in [0.2, 0.25) is 0 Å². The van der Waals surface area contributed by atoms with Crippen LogP contribution < -0.4 is 5.73 Å². The Kier molecular flexibility index (Phi) is 3.37. The molecule has 4 heteroatoms. The van der Waals surface area contributed by atoms with E-state index in [1.165, 1.54) is 0 Å². The highest BCUT2D eigenvalue weighted by molar-refractivity contribution is 5.95. The van der Waals surface area contributed by atoms with E-state index in [2.05, 4.69) is 46.4 Å². The summed E-state index contributed by atoms with van der Waals surface area (Å²) in [5.74, 6) is 0. The van der Waals surface area contributed by atoms with Gasteiger partial charge in [0.1, 0.15) is 5.65 Å². The van der Waals surface area contributed by atoms with Gasteiger partial charge < -0.3 is 10.7 Å². The van der Waals surface area contributed by atoms with Gasteiger partial charge in [-0.05, 0) is 41.0 Å². The van der Waals surface area contributed by atoms with E-state index in [1.807, 2.05) is 18.3 Å². The van der Waals surface area contributed by atoms with Crippen molar-refractivity contribution in [2.45, 2.75) is 6.54 Å². The Labute approximate surface area is 134 Å². The Morgan fingerprint density at radius 2 is 1.70 bits per heavy atom. The summed E-state index contributed by atoms with van der Waals surface area (Å²) in [6.45, 7) is 0.554. The Morgan fingerprint density at radius 3 is 2.43 bits per heavy atom. The van der Waals surface area contributed by atoms with Gasteiger partial charge >= 0.3 is 0 Å². The Hall–Kier alpha value is -2.98. The average molecular weight is 300 g/mol. The van der Waals surface area contributed by atoms with E-state index in [9.17, 15) is 0 Å². The van der Waals surface area contributed by atoms with Crippen molar-refractivity contribution in [2.24, 2.45) is 5.73 Å². The molecule has 112 valence electrons. The van der Waals surface area contributed by atoms with Crippen LogP contribution in [0.25, 0.3) is 33.4 Å². The number of aromatic nitrogens is 3. The average Bonchev–Trinajstić information content (AvgIpc) is 3.10. The van der Waals surface area contributed by atoms with Crippen LogP contribution in [0.3, 0.4) is 0 Å². The Morgan fingerprint density at radius 1 is 0.913 bits per heavy atom. The first-order valence-corrected chi connectivity index (χ1v) is 7.53. The molecule has 0 unspecified atom stereocenters. The minimum absolute atomic E-state index is 0.554. The van der Waals surface area contributed by atoms with E-state index in [4.69, 9.17) is 10.7 Å². The van der Waals surface area contributed by atoms with Crippen LogP contribution in [0.1, 0.15) is 5.56 Å². The van der Waals surface area contributed by atoms with Crippen LogP contribution in [0, 0.1) is 0 Å². The third-order valence-electron chi connectivity index (χ3n) is 4.01. The summed E-state index contributed by atoms with van der Waals surface area (Å²) in [6.07, 6.45) is 5.49. The van der Waals surface area contributed by atoms with Crippen molar-refractivity contribution in [1.82, 2.24) is 15.0 Å². The highest BCUT2D eigenvalue weighted by atomic mass is 14.9. The number of pyridine rings is 2. The lowest BCUT2D eigenvalue weighted by atomic mass is 10.00. The van der Waals surface area contributed by atoms with Gasteiger partial charge in [-0.1, -0.05) is 24.3 Å². The van der Waals surface area contributed by atoms with Gasteiger partial charge in [0.2, 0.25) is 0 Å². The second-order valence-corrected chi connectivity index (χ2v) is 5.43.